The topological polar surface area (TPSA) is 40.2 Å². The first-order valence-electron chi connectivity index (χ1n) is 7.92. The van der Waals surface area contributed by atoms with Gasteiger partial charge in [-0.05, 0) is 56.1 Å². The Morgan fingerprint density at radius 2 is 2.10 bits per heavy atom. The predicted octanol–water partition coefficient (Wildman–Crippen LogP) is 3.51. The Kier molecular flexibility index (Phi) is 3.46. The molecule has 2 aliphatic carbocycles. The highest BCUT2D eigenvalue weighted by Gasteiger charge is 2.37. The molecule has 2 N–H and O–H groups in total. The van der Waals surface area contributed by atoms with Crippen LogP contribution in [0.15, 0.2) is 6.07 Å². The second-order valence-corrected chi connectivity index (χ2v) is 7.48. The average molecular weight is 276 g/mol. The first-order valence-corrected chi connectivity index (χ1v) is 7.92. The van der Waals surface area contributed by atoms with E-state index in [4.69, 9.17) is 10.5 Å². The predicted molar refractivity (Wildman–Crippen MR) is 81.9 cm³/mol. The minimum absolute atomic E-state index is 0.191. The van der Waals surface area contributed by atoms with Crippen molar-refractivity contribution in [2.24, 2.45) is 11.1 Å². The van der Waals surface area contributed by atoms with Crippen molar-refractivity contribution >= 4 is 0 Å². The summed E-state index contributed by atoms with van der Waals surface area (Å²) in [5.74, 6) is 0. The van der Waals surface area contributed by atoms with E-state index in [1.54, 1.807) is 0 Å². The van der Waals surface area contributed by atoms with Crippen molar-refractivity contribution in [3.63, 3.8) is 0 Å². The zero-order valence-electron chi connectivity index (χ0n) is 13.3. The summed E-state index contributed by atoms with van der Waals surface area (Å²) in [7, 11) is 1.85. The number of aryl methyl sites for hydroxylation is 1. The van der Waals surface area contributed by atoms with Gasteiger partial charge in [0.15, 0.2) is 0 Å². The number of methoxy groups -OCH3 is 1. The van der Waals surface area contributed by atoms with Gasteiger partial charge in [0.05, 0.1) is 12.1 Å². The summed E-state index contributed by atoms with van der Waals surface area (Å²) in [6.07, 6.45) is 6.27. The van der Waals surface area contributed by atoms with E-state index in [0.29, 0.717) is 17.6 Å². The van der Waals surface area contributed by atoms with Crippen LogP contribution in [-0.2, 0) is 11.2 Å². The molecular weight excluding hydrogens is 248 g/mol. The highest BCUT2D eigenvalue weighted by molar-refractivity contribution is 5.35. The molecule has 0 bridgehead atoms. The lowest BCUT2D eigenvalue weighted by molar-refractivity contribution is 0.0726. The molecule has 0 radical (unpaired) electrons. The summed E-state index contributed by atoms with van der Waals surface area (Å²) in [6.45, 7) is 6.90. The van der Waals surface area contributed by atoms with E-state index in [1.165, 1.54) is 36.2 Å². The summed E-state index contributed by atoms with van der Waals surface area (Å²) in [6, 6.07) is 3.02. The van der Waals surface area contributed by atoms with Gasteiger partial charge in [-0.3, -0.25) is 0 Å². The van der Waals surface area contributed by atoms with E-state index in [1.807, 2.05) is 7.11 Å². The van der Waals surface area contributed by atoms with Gasteiger partial charge < -0.3 is 15.0 Å². The molecule has 112 valence electrons. The molecule has 20 heavy (non-hydrogen) atoms. The van der Waals surface area contributed by atoms with Gasteiger partial charge in [0, 0.05) is 24.5 Å². The number of nitrogens with two attached hydrogens (primary N) is 1. The first-order chi connectivity index (χ1) is 9.43. The molecule has 0 saturated heterocycles. The molecule has 3 nitrogen and oxygen atoms in total. The third-order valence-electron chi connectivity index (χ3n) is 5.24. The van der Waals surface area contributed by atoms with Crippen molar-refractivity contribution in [3.8, 4) is 0 Å². The molecule has 3 rings (SSSR count). The van der Waals surface area contributed by atoms with Crippen LogP contribution in [-0.4, -0.2) is 17.8 Å². The second kappa shape index (κ2) is 4.88. The van der Waals surface area contributed by atoms with Crippen LogP contribution in [0.25, 0.3) is 0 Å². The van der Waals surface area contributed by atoms with Crippen LogP contribution < -0.4 is 5.73 Å². The van der Waals surface area contributed by atoms with Crippen LogP contribution >= 0.6 is 0 Å². The molecule has 3 atom stereocenters. The van der Waals surface area contributed by atoms with Crippen LogP contribution in [0.3, 0.4) is 0 Å². The van der Waals surface area contributed by atoms with Crippen molar-refractivity contribution in [2.45, 2.75) is 71.1 Å². The summed E-state index contributed by atoms with van der Waals surface area (Å²) in [5.41, 5.74) is 10.9. The van der Waals surface area contributed by atoms with Crippen LogP contribution in [0.4, 0.5) is 0 Å². The van der Waals surface area contributed by atoms with Crippen molar-refractivity contribution in [1.29, 1.82) is 0 Å². The number of rotatable bonds is 2. The minimum atomic E-state index is 0.191. The summed E-state index contributed by atoms with van der Waals surface area (Å²) in [5, 5.41) is 0. The molecule has 3 unspecified atom stereocenters. The van der Waals surface area contributed by atoms with E-state index in [9.17, 15) is 0 Å². The van der Waals surface area contributed by atoms with E-state index in [0.717, 1.165) is 12.8 Å². The second-order valence-electron chi connectivity index (χ2n) is 7.48. The van der Waals surface area contributed by atoms with Gasteiger partial charge >= 0.3 is 0 Å². The lowest BCUT2D eigenvalue weighted by atomic mass is 9.74. The van der Waals surface area contributed by atoms with Crippen LogP contribution in [0, 0.1) is 12.3 Å². The molecule has 1 aromatic heterocycles. The number of aromatic nitrogens is 1. The Hall–Kier alpha value is -0.800. The number of nitrogens with zero attached hydrogens (tertiary/aromatic N) is 1. The molecule has 0 amide bonds. The highest BCUT2D eigenvalue weighted by Crippen LogP contribution is 2.44. The first kappa shape index (κ1) is 14.2. The fourth-order valence-electron chi connectivity index (χ4n) is 4.41. The zero-order valence-corrected chi connectivity index (χ0v) is 13.3. The smallest absolute Gasteiger partial charge is 0.0778 e. The molecule has 2 aliphatic rings. The van der Waals surface area contributed by atoms with Gasteiger partial charge in [-0.25, -0.2) is 0 Å². The number of hydrogen-bond acceptors (Lipinski definition) is 2. The summed E-state index contributed by atoms with van der Waals surface area (Å²) < 4.78 is 8.27. The van der Waals surface area contributed by atoms with Gasteiger partial charge in [0.1, 0.15) is 0 Å². The van der Waals surface area contributed by atoms with Crippen LogP contribution in [0.1, 0.15) is 68.6 Å². The molecule has 1 heterocycles. The molecule has 3 heteroatoms. The number of hydrogen-bond donors (Lipinski definition) is 1. The molecular formula is C17H28N2O. The maximum absolute atomic E-state index is 6.43. The lowest BCUT2D eigenvalue weighted by Crippen LogP contribution is -2.32. The number of ether oxygens (including phenoxy) is 1. The quantitative estimate of drug-likeness (QED) is 0.898. The zero-order chi connectivity index (χ0) is 14.5. The Labute approximate surface area is 122 Å². The van der Waals surface area contributed by atoms with Gasteiger partial charge in [-0.2, -0.15) is 0 Å². The van der Waals surface area contributed by atoms with Crippen LogP contribution in [0.2, 0.25) is 0 Å². The summed E-state index contributed by atoms with van der Waals surface area (Å²) >= 11 is 0. The SMILES string of the molecule is COC1CCCC1n1c(C)cc2c1CC(C)(C)CC2N. The van der Waals surface area contributed by atoms with E-state index in [-0.39, 0.29) is 6.04 Å². The normalized spacial score (nSPS) is 32.4. The molecule has 0 spiro atoms. The molecule has 0 aromatic carbocycles. The largest absolute Gasteiger partial charge is 0.379 e. The number of fused-ring (bicyclic) bond motifs is 1. The maximum atomic E-state index is 6.43. The minimum Gasteiger partial charge on any atom is -0.379 e. The fourth-order valence-corrected chi connectivity index (χ4v) is 4.41. The lowest BCUT2D eigenvalue weighted by Gasteiger charge is -2.36. The Balaban J connectivity index is 2.04. The van der Waals surface area contributed by atoms with Gasteiger partial charge in [-0.15, -0.1) is 0 Å². The fraction of sp³-hybridized carbons (Fsp3) is 0.765. The Morgan fingerprint density at radius 1 is 1.35 bits per heavy atom. The maximum Gasteiger partial charge on any atom is 0.0778 e. The Morgan fingerprint density at radius 3 is 2.80 bits per heavy atom. The van der Waals surface area contributed by atoms with E-state index < -0.39 is 0 Å². The summed E-state index contributed by atoms with van der Waals surface area (Å²) in [4.78, 5) is 0. The van der Waals surface area contributed by atoms with Crippen molar-refractivity contribution in [2.75, 3.05) is 7.11 Å². The Bertz CT molecular complexity index is 503. The third-order valence-corrected chi connectivity index (χ3v) is 5.24. The molecule has 1 aromatic rings. The third kappa shape index (κ3) is 2.21. The van der Waals surface area contributed by atoms with Crippen molar-refractivity contribution in [3.05, 3.63) is 23.0 Å². The molecule has 1 saturated carbocycles. The van der Waals surface area contributed by atoms with E-state index in [2.05, 4.69) is 31.4 Å². The van der Waals surface area contributed by atoms with Gasteiger partial charge in [0.2, 0.25) is 0 Å². The van der Waals surface area contributed by atoms with Crippen molar-refractivity contribution in [1.82, 2.24) is 4.57 Å². The standard InChI is InChI=1S/C17H28N2O/c1-11-8-12-13(18)9-17(2,3)10-15(12)19(11)14-6-5-7-16(14)20-4/h8,13-14,16H,5-7,9-10,18H2,1-4H3. The van der Waals surface area contributed by atoms with Crippen LogP contribution in [0.5, 0.6) is 0 Å². The molecule has 1 fully saturated rings. The monoisotopic (exact) mass is 276 g/mol. The van der Waals surface area contributed by atoms with Gasteiger partial charge in [-0.1, -0.05) is 13.8 Å². The highest BCUT2D eigenvalue weighted by atomic mass is 16.5. The van der Waals surface area contributed by atoms with E-state index >= 15 is 0 Å². The average Bonchev–Trinajstić information content (AvgIpc) is 2.91. The van der Waals surface area contributed by atoms with Crippen molar-refractivity contribution < 1.29 is 4.74 Å². The molecule has 0 aliphatic heterocycles. The van der Waals surface area contributed by atoms with Gasteiger partial charge in [0.25, 0.3) is 0 Å².